The first kappa shape index (κ1) is 11.4. The number of nitrogens with one attached hydrogen (secondary N) is 1. The molecule has 0 bridgehead atoms. The maximum Gasteiger partial charge on any atom is 0.143 e. The lowest BCUT2D eigenvalue weighted by Crippen LogP contribution is -2.07. The van der Waals surface area contributed by atoms with Gasteiger partial charge in [-0.15, -0.1) is 5.10 Å². The Kier molecular flexibility index (Phi) is 2.93. The summed E-state index contributed by atoms with van der Waals surface area (Å²) in [5, 5.41) is 14.6. The van der Waals surface area contributed by atoms with Crippen molar-refractivity contribution in [3.8, 4) is 5.69 Å². The zero-order valence-electron chi connectivity index (χ0n) is 10.4. The molecular formula is C12H13N7. The van der Waals surface area contributed by atoms with Crippen LogP contribution in [0.4, 0.5) is 5.69 Å². The Labute approximate surface area is 109 Å². The number of imidazole rings is 1. The molecule has 3 aromatic rings. The van der Waals surface area contributed by atoms with Crippen LogP contribution in [0.3, 0.4) is 0 Å². The third-order valence-electron chi connectivity index (χ3n) is 2.88. The van der Waals surface area contributed by atoms with Gasteiger partial charge in [0.05, 0.1) is 29.9 Å². The molecule has 1 N–H and O–H groups in total. The van der Waals surface area contributed by atoms with Gasteiger partial charge < -0.3 is 9.88 Å². The summed E-state index contributed by atoms with van der Waals surface area (Å²) in [6.07, 6.45) is 5.20. The SMILES string of the molecule is Cn1cncc1CNc1ccccc1-n1cnnn1. The third-order valence-corrected chi connectivity index (χ3v) is 2.88. The van der Waals surface area contributed by atoms with Gasteiger partial charge in [0.1, 0.15) is 6.33 Å². The number of benzene rings is 1. The van der Waals surface area contributed by atoms with E-state index in [1.54, 1.807) is 17.3 Å². The number of aryl methyl sites for hydroxylation is 1. The second kappa shape index (κ2) is 4.89. The lowest BCUT2D eigenvalue weighted by Gasteiger charge is -2.11. The van der Waals surface area contributed by atoms with Crippen LogP contribution in [0, 0.1) is 0 Å². The normalized spacial score (nSPS) is 10.6. The minimum Gasteiger partial charge on any atom is -0.378 e. The molecule has 0 amide bonds. The third kappa shape index (κ3) is 2.30. The molecular weight excluding hydrogens is 242 g/mol. The van der Waals surface area contributed by atoms with E-state index in [-0.39, 0.29) is 0 Å². The monoisotopic (exact) mass is 255 g/mol. The molecule has 0 aliphatic heterocycles. The van der Waals surface area contributed by atoms with Gasteiger partial charge in [0, 0.05) is 13.2 Å². The molecule has 7 heteroatoms. The van der Waals surface area contributed by atoms with Crippen molar-refractivity contribution in [2.75, 3.05) is 5.32 Å². The van der Waals surface area contributed by atoms with Crippen LogP contribution in [0.5, 0.6) is 0 Å². The van der Waals surface area contributed by atoms with Crippen molar-refractivity contribution < 1.29 is 0 Å². The fraction of sp³-hybridized carbons (Fsp3) is 0.167. The molecule has 0 spiro atoms. The van der Waals surface area contributed by atoms with Crippen molar-refractivity contribution in [3.63, 3.8) is 0 Å². The minimum atomic E-state index is 0.690. The van der Waals surface area contributed by atoms with Crippen molar-refractivity contribution in [2.24, 2.45) is 7.05 Å². The molecule has 96 valence electrons. The van der Waals surface area contributed by atoms with Gasteiger partial charge in [-0.25, -0.2) is 4.98 Å². The fourth-order valence-electron chi connectivity index (χ4n) is 1.84. The van der Waals surface area contributed by atoms with E-state index in [2.05, 4.69) is 25.8 Å². The van der Waals surface area contributed by atoms with Gasteiger partial charge in [0.15, 0.2) is 0 Å². The van der Waals surface area contributed by atoms with E-state index < -0.39 is 0 Å². The summed E-state index contributed by atoms with van der Waals surface area (Å²) in [5.74, 6) is 0. The molecule has 0 saturated carbocycles. The molecule has 3 rings (SSSR count). The Morgan fingerprint density at radius 2 is 2.11 bits per heavy atom. The maximum absolute atomic E-state index is 4.09. The molecule has 2 aromatic heterocycles. The van der Waals surface area contributed by atoms with Crippen LogP contribution < -0.4 is 5.32 Å². The molecule has 7 nitrogen and oxygen atoms in total. The molecule has 1 aromatic carbocycles. The molecule has 0 saturated heterocycles. The molecule has 0 aliphatic carbocycles. The van der Waals surface area contributed by atoms with Gasteiger partial charge in [-0.3, -0.25) is 0 Å². The average Bonchev–Trinajstić information content (AvgIpc) is 3.08. The summed E-state index contributed by atoms with van der Waals surface area (Å²) in [7, 11) is 1.97. The van der Waals surface area contributed by atoms with Gasteiger partial charge in [-0.1, -0.05) is 12.1 Å². The number of aromatic nitrogens is 6. The molecule has 0 radical (unpaired) electrons. The summed E-state index contributed by atoms with van der Waals surface area (Å²) < 4.78 is 3.61. The molecule has 2 heterocycles. The highest BCUT2D eigenvalue weighted by atomic mass is 15.5. The van der Waals surface area contributed by atoms with Crippen LogP contribution in [0.2, 0.25) is 0 Å². The number of tetrazole rings is 1. The summed E-state index contributed by atoms with van der Waals surface area (Å²) in [6, 6.07) is 7.88. The Balaban J connectivity index is 1.84. The predicted octanol–water partition coefficient (Wildman–Crippen LogP) is 1.01. The minimum absolute atomic E-state index is 0.690. The van der Waals surface area contributed by atoms with Gasteiger partial charge in [-0.2, -0.15) is 4.68 Å². The number of nitrogens with zero attached hydrogens (tertiary/aromatic N) is 6. The van der Waals surface area contributed by atoms with Crippen LogP contribution in [0.1, 0.15) is 5.69 Å². The summed E-state index contributed by atoms with van der Waals surface area (Å²) in [6.45, 7) is 0.690. The summed E-state index contributed by atoms with van der Waals surface area (Å²) in [5.41, 5.74) is 2.98. The number of hydrogen-bond acceptors (Lipinski definition) is 5. The highest BCUT2D eigenvalue weighted by molar-refractivity contribution is 5.60. The average molecular weight is 255 g/mol. The van der Waals surface area contributed by atoms with E-state index in [0.29, 0.717) is 6.54 Å². The van der Waals surface area contributed by atoms with Crippen molar-refractivity contribution >= 4 is 5.69 Å². The standard InChI is InChI=1S/C12H13N7/c1-18-8-13-6-10(18)7-14-11-4-2-3-5-12(11)19-9-15-16-17-19/h2-6,8-9,14H,7H2,1H3. The highest BCUT2D eigenvalue weighted by Crippen LogP contribution is 2.19. The second-order valence-electron chi connectivity index (χ2n) is 4.12. The van der Waals surface area contributed by atoms with Crippen molar-refractivity contribution in [3.05, 3.63) is 48.8 Å². The zero-order chi connectivity index (χ0) is 13.1. The van der Waals surface area contributed by atoms with Crippen molar-refractivity contribution in [1.29, 1.82) is 0 Å². The Hall–Kier alpha value is -2.70. The molecule has 0 atom stereocenters. The van der Waals surface area contributed by atoms with Gasteiger partial charge in [0.25, 0.3) is 0 Å². The topological polar surface area (TPSA) is 73.5 Å². The van der Waals surface area contributed by atoms with E-state index in [1.165, 1.54) is 0 Å². The van der Waals surface area contributed by atoms with Gasteiger partial charge in [0.2, 0.25) is 0 Å². The smallest absolute Gasteiger partial charge is 0.143 e. The van der Waals surface area contributed by atoms with E-state index in [1.807, 2.05) is 42.1 Å². The maximum atomic E-state index is 4.09. The Bertz CT molecular complexity index is 656. The first-order chi connectivity index (χ1) is 9.34. The zero-order valence-corrected chi connectivity index (χ0v) is 10.4. The van der Waals surface area contributed by atoms with E-state index in [0.717, 1.165) is 17.1 Å². The van der Waals surface area contributed by atoms with E-state index in [4.69, 9.17) is 0 Å². The Morgan fingerprint density at radius 3 is 2.84 bits per heavy atom. The van der Waals surface area contributed by atoms with Crippen LogP contribution in [-0.2, 0) is 13.6 Å². The highest BCUT2D eigenvalue weighted by Gasteiger charge is 2.05. The van der Waals surface area contributed by atoms with Gasteiger partial charge >= 0.3 is 0 Å². The van der Waals surface area contributed by atoms with Gasteiger partial charge in [-0.05, 0) is 22.6 Å². The van der Waals surface area contributed by atoms with E-state index in [9.17, 15) is 0 Å². The lowest BCUT2D eigenvalue weighted by atomic mass is 10.2. The molecule has 0 fully saturated rings. The first-order valence-corrected chi connectivity index (χ1v) is 5.86. The number of para-hydroxylation sites is 2. The predicted molar refractivity (Wildman–Crippen MR) is 69.7 cm³/mol. The number of rotatable bonds is 4. The van der Waals surface area contributed by atoms with Crippen LogP contribution in [0.15, 0.2) is 43.1 Å². The number of anilines is 1. The van der Waals surface area contributed by atoms with Crippen LogP contribution in [0.25, 0.3) is 5.69 Å². The summed E-state index contributed by atoms with van der Waals surface area (Å²) >= 11 is 0. The second-order valence-corrected chi connectivity index (χ2v) is 4.12. The number of hydrogen-bond donors (Lipinski definition) is 1. The molecule has 19 heavy (non-hydrogen) atoms. The Morgan fingerprint density at radius 1 is 1.21 bits per heavy atom. The fourth-order valence-corrected chi connectivity index (χ4v) is 1.84. The quantitative estimate of drug-likeness (QED) is 0.753. The lowest BCUT2D eigenvalue weighted by molar-refractivity contribution is 0.787. The molecule has 0 unspecified atom stereocenters. The van der Waals surface area contributed by atoms with E-state index >= 15 is 0 Å². The van der Waals surface area contributed by atoms with Crippen molar-refractivity contribution in [2.45, 2.75) is 6.54 Å². The molecule has 0 aliphatic rings. The first-order valence-electron chi connectivity index (χ1n) is 5.86. The summed E-state index contributed by atoms with van der Waals surface area (Å²) in [4.78, 5) is 4.09. The van der Waals surface area contributed by atoms with Crippen molar-refractivity contribution in [1.82, 2.24) is 29.8 Å². The van der Waals surface area contributed by atoms with Crippen LogP contribution >= 0.6 is 0 Å². The van der Waals surface area contributed by atoms with Crippen LogP contribution in [-0.4, -0.2) is 29.8 Å². The largest absolute Gasteiger partial charge is 0.378 e.